The van der Waals surface area contributed by atoms with E-state index in [-0.39, 0.29) is 16.9 Å². The van der Waals surface area contributed by atoms with Crippen molar-refractivity contribution in [3.63, 3.8) is 0 Å². The Labute approximate surface area is 112 Å². The molecule has 1 aromatic carbocycles. The number of nitrogens with one attached hydrogen (secondary N) is 1. The van der Waals surface area contributed by atoms with Crippen molar-refractivity contribution in [2.24, 2.45) is 0 Å². The molecule has 19 heavy (non-hydrogen) atoms. The van der Waals surface area contributed by atoms with E-state index < -0.39 is 16.0 Å². The average Bonchev–Trinajstić information content (AvgIpc) is 2.26. The monoisotopic (exact) mass is 283 g/mol. The quantitative estimate of drug-likeness (QED) is 0.858. The number of carboxylic acids is 1. The van der Waals surface area contributed by atoms with E-state index in [9.17, 15) is 13.2 Å². The fraction of sp³-hybridized carbons (Fsp3) is 0.462. The molecular formula is C13H17NO4S. The first-order valence-electron chi connectivity index (χ1n) is 6.15. The topological polar surface area (TPSA) is 83.5 Å². The molecule has 0 amide bonds. The molecule has 1 saturated carbocycles. The van der Waals surface area contributed by atoms with Gasteiger partial charge in [-0.1, -0.05) is 12.1 Å². The molecule has 5 nitrogen and oxygen atoms in total. The van der Waals surface area contributed by atoms with Crippen molar-refractivity contribution in [2.75, 3.05) is 0 Å². The summed E-state index contributed by atoms with van der Waals surface area (Å²) in [6, 6.07) is 5.96. The zero-order valence-electron chi connectivity index (χ0n) is 10.7. The lowest BCUT2D eigenvalue weighted by Crippen LogP contribution is -2.50. The lowest BCUT2D eigenvalue weighted by atomic mass is 9.80. The first kappa shape index (κ1) is 14.0. The number of aliphatic carboxylic acids is 1. The molecule has 104 valence electrons. The minimum Gasteiger partial charge on any atom is -0.481 e. The van der Waals surface area contributed by atoms with Crippen LogP contribution in [0.15, 0.2) is 29.2 Å². The Morgan fingerprint density at radius 2 is 1.89 bits per heavy atom. The van der Waals surface area contributed by atoms with E-state index >= 15 is 0 Å². The molecule has 1 aliphatic carbocycles. The lowest BCUT2D eigenvalue weighted by Gasteiger charge is -2.38. The molecule has 0 spiro atoms. The third-order valence-electron chi connectivity index (χ3n) is 3.43. The van der Waals surface area contributed by atoms with Gasteiger partial charge in [0.15, 0.2) is 0 Å². The van der Waals surface area contributed by atoms with Gasteiger partial charge in [0, 0.05) is 5.54 Å². The summed E-state index contributed by atoms with van der Waals surface area (Å²) in [7, 11) is -3.52. The van der Waals surface area contributed by atoms with Crippen LogP contribution in [0.4, 0.5) is 0 Å². The van der Waals surface area contributed by atoms with Crippen LogP contribution < -0.4 is 4.72 Å². The smallest absolute Gasteiger partial charge is 0.307 e. The molecule has 2 rings (SSSR count). The highest BCUT2D eigenvalue weighted by molar-refractivity contribution is 7.89. The second kappa shape index (κ2) is 4.94. The van der Waals surface area contributed by atoms with E-state index in [2.05, 4.69) is 4.72 Å². The molecule has 0 aromatic heterocycles. The van der Waals surface area contributed by atoms with E-state index in [1.165, 1.54) is 24.3 Å². The van der Waals surface area contributed by atoms with Gasteiger partial charge < -0.3 is 5.11 Å². The maximum absolute atomic E-state index is 12.1. The predicted octanol–water partition coefficient (Wildman–Crippen LogP) is 1.53. The average molecular weight is 283 g/mol. The van der Waals surface area contributed by atoms with E-state index in [0.717, 1.165) is 19.3 Å². The van der Waals surface area contributed by atoms with E-state index in [0.29, 0.717) is 5.56 Å². The Bertz CT molecular complexity index is 573. The summed E-state index contributed by atoms with van der Waals surface area (Å²) in [6.45, 7) is 1.90. The zero-order chi connectivity index (χ0) is 14.1. The van der Waals surface area contributed by atoms with Crippen LogP contribution in [-0.4, -0.2) is 25.0 Å². The number of hydrogen-bond acceptors (Lipinski definition) is 3. The summed E-state index contributed by atoms with van der Waals surface area (Å²) in [5.74, 6) is -0.935. The van der Waals surface area contributed by atoms with Crippen molar-refractivity contribution >= 4 is 16.0 Å². The standard InChI is InChI=1S/C13H17NO4S/c1-13(7-2-8-13)14-19(17,18)11-5-3-10(4-6-11)9-12(15)16/h3-6,14H,2,7-9H2,1H3,(H,15,16). The van der Waals surface area contributed by atoms with Crippen molar-refractivity contribution in [1.82, 2.24) is 4.72 Å². The normalized spacial score (nSPS) is 17.7. The number of carboxylic acid groups (broad SMARTS) is 1. The van der Waals surface area contributed by atoms with Gasteiger partial charge >= 0.3 is 5.97 Å². The minimum atomic E-state index is -3.52. The highest BCUT2D eigenvalue weighted by Gasteiger charge is 2.36. The lowest BCUT2D eigenvalue weighted by molar-refractivity contribution is -0.136. The Kier molecular flexibility index (Phi) is 3.64. The van der Waals surface area contributed by atoms with Crippen LogP contribution in [0.25, 0.3) is 0 Å². The molecule has 0 aliphatic heterocycles. The molecular weight excluding hydrogens is 266 g/mol. The van der Waals surface area contributed by atoms with E-state index in [1.54, 1.807) is 0 Å². The second-order valence-corrected chi connectivity index (χ2v) is 6.92. The number of carbonyl (C=O) groups is 1. The van der Waals surface area contributed by atoms with Gasteiger partial charge in [0.2, 0.25) is 10.0 Å². The summed E-state index contributed by atoms with van der Waals surface area (Å²) in [5, 5.41) is 8.66. The van der Waals surface area contributed by atoms with Gasteiger partial charge in [-0.25, -0.2) is 13.1 Å². The van der Waals surface area contributed by atoms with Crippen LogP contribution in [0, 0.1) is 0 Å². The number of sulfonamides is 1. The van der Waals surface area contributed by atoms with Crippen molar-refractivity contribution in [1.29, 1.82) is 0 Å². The highest BCUT2D eigenvalue weighted by Crippen LogP contribution is 2.32. The summed E-state index contributed by atoms with van der Waals surface area (Å²) < 4.78 is 27.0. The molecule has 2 N–H and O–H groups in total. The predicted molar refractivity (Wildman–Crippen MR) is 70.4 cm³/mol. The summed E-state index contributed by atoms with van der Waals surface area (Å²) in [4.78, 5) is 10.7. The molecule has 0 atom stereocenters. The molecule has 0 heterocycles. The molecule has 0 saturated heterocycles. The maximum atomic E-state index is 12.1. The van der Waals surface area contributed by atoms with Gasteiger partial charge in [0.25, 0.3) is 0 Å². The second-order valence-electron chi connectivity index (χ2n) is 5.23. The highest BCUT2D eigenvalue weighted by atomic mass is 32.2. The van der Waals surface area contributed by atoms with Crippen molar-refractivity contribution < 1.29 is 18.3 Å². The molecule has 0 radical (unpaired) electrons. The molecule has 6 heteroatoms. The van der Waals surface area contributed by atoms with Crippen molar-refractivity contribution in [2.45, 2.75) is 43.0 Å². The Hall–Kier alpha value is -1.40. The number of hydrogen-bond donors (Lipinski definition) is 2. The Morgan fingerprint density at radius 1 is 1.32 bits per heavy atom. The van der Waals surface area contributed by atoms with E-state index in [1.807, 2.05) is 6.92 Å². The summed E-state index contributed by atoms with van der Waals surface area (Å²) in [5.41, 5.74) is 0.250. The van der Waals surface area contributed by atoms with Crippen LogP contribution in [0.5, 0.6) is 0 Å². The van der Waals surface area contributed by atoms with Crippen LogP contribution in [0.2, 0.25) is 0 Å². The first-order chi connectivity index (χ1) is 8.81. The molecule has 0 bridgehead atoms. The number of benzene rings is 1. The minimum absolute atomic E-state index is 0.106. The SMILES string of the molecule is CC1(NS(=O)(=O)c2ccc(CC(=O)O)cc2)CCC1. The van der Waals surface area contributed by atoms with Gasteiger partial charge in [-0.05, 0) is 43.9 Å². The fourth-order valence-electron chi connectivity index (χ4n) is 2.15. The number of rotatable bonds is 5. The third kappa shape index (κ3) is 3.33. The maximum Gasteiger partial charge on any atom is 0.307 e. The third-order valence-corrected chi connectivity index (χ3v) is 5.08. The zero-order valence-corrected chi connectivity index (χ0v) is 11.5. The van der Waals surface area contributed by atoms with Crippen LogP contribution in [-0.2, 0) is 21.2 Å². The Balaban J connectivity index is 2.14. The van der Waals surface area contributed by atoms with Crippen LogP contribution in [0.3, 0.4) is 0 Å². The van der Waals surface area contributed by atoms with Crippen LogP contribution >= 0.6 is 0 Å². The first-order valence-corrected chi connectivity index (χ1v) is 7.64. The van der Waals surface area contributed by atoms with Crippen molar-refractivity contribution in [3.05, 3.63) is 29.8 Å². The molecule has 0 unspecified atom stereocenters. The largest absolute Gasteiger partial charge is 0.481 e. The molecule has 1 fully saturated rings. The molecule has 1 aliphatic rings. The summed E-state index contributed by atoms with van der Waals surface area (Å²) in [6.07, 6.45) is 2.63. The van der Waals surface area contributed by atoms with Gasteiger partial charge in [-0.2, -0.15) is 0 Å². The summed E-state index contributed by atoms with van der Waals surface area (Å²) >= 11 is 0. The Morgan fingerprint density at radius 3 is 2.32 bits per heavy atom. The van der Waals surface area contributed by atoms with Gasteiger partial charge in [0.05, 0.1) is 11.3 Å². The van der Waals surface area contributed by atoms with Gasteiger partial charge in [-0.15, -0.1) is 0 Å². The van der Waals surface area contributed by atoms with Gasteiger partial charge in [0.1, 0.15) is 0 Å². The van der Waals surface area contributed by atoms with Crippen LogP contribution in [0.1, 0.15) is 31.7 Å². The van der Waals surface area contributed by atoms with Crippen molar-refractivity contribution in [3.8, 4) is 0 Å². The molecule has 1 aromatic rings. The van der Waals surface area contributed by atoms with E-state index in [4.69, 9.17) is 5.11 Å². The van der Waals surface area contributed by atoms with Gasteiger partial charge in [-0.3, -0.25) is 4.79 Å². The fourth-order valence-corrected chi connectivity index (χ4v) is 3.62.